The van der Waals surface area contributed by atoms with E-state index in [1.165, 1.54) is 36.4 Å². The second-order valence-electron chi connectivity index (χ2n) is 4.35. The lowest BCUT2D eigenvalue weighted by atomic mass is 10.3. The zero-order chi connectivity index (χ0) is 15.6. The number of nitrogens with two attached hydrogens (primary N) is 1. The number of phenols is 1. The Kier molecular flexibility index (Phi) is 4.04. The van der Waals surface area contributed by atoms with Gasteiger partial charge in [-0.3, -0.25) is 4.31 Å². The highest BCUT2D eigenvalue weighted by atomic mass is 32.2. The van der Waals surface area contributed by atoms with Gasteiger partial charge in [-0.25, -0.2) is 12.8 Å². The Hall–Kier alpha value is -2.28. The topological polar surface area (TPSA) is 83.6 Å². The van der Waals surface area contributed by atoms with Crippen LogP contribution in [-0.2, 0) is 10.0 Å². The van der Waals surface area contributed by atoms with Gasteiger partial charge in [0.05, 0.1) is 11.4 Å². The van der Waals surface area contributed by atoms with E-state index in [0.717, 1.165) is 10.4 Å². The predicted octanol–water partition coefficient (Wildman–Crippen LogP) is 2.33. The third-order valence-corrected chi connectivity index (χ3v) is 4.95. The predicted molar refractivity (Wildman–Crippen MR) is 79.1 cm³/mol. The Morgan fingerprint density at radius 3 is 2.48 bits per heavy atom. The fraction of sp³-hybridized carbons (Fsp3) is 0.143. The van der Waals surface area contributed by atoms with E-state index in [1.807, 2.05) is 0 Å². The smallest absolute Gasteiger partial charge is 0.269 e. The fourth-order valence-corrected chi connectivity index (χ4v) is 3.68. The monoisotopic (exact) mass is 310 g/mol. The summed E-state index contributed by atoms with van der Waals surface area (Å²) in [5.41, 5.74) is 5.69. The molecule has 0 saturated carbocycles. The third kappa shape index (κ3) is 2.78. The highest BCUT2D eigenvalue weighted by Crippen LogP contribution is 2.30. The van der Waals surface area contributed by atoms with Crippen molar-refractivity contribution in [1.82, 2.24) is 0 Å². The van der Waals surface area contributed by atoms with E-state index in [0.29, 0.717) is 0 Å². The number of hydrogen-bond acceptors (Lipinski definition) is 4. The number of sulfonamides is 1. The zero-order valence-electron chi connectivity index (χ0n) is 11.3. The molecule has 2 aromatic carbocycles. The minimum Gasteiger partial charge on any atom is -0.508 e. The van der Waals surface area contributed by atoms with Crippen LogP contribution in [0.15, 0.2) is 47.4 Å². The normalized spacial score (nSPS) is 11.3. The number of rotatable bonds is 4. The first-order chi connectivity index (χ1) is 9.87. The molecule has 0 amide bonds. The van der Waals surface area contributed by atoms with E-state index in [4.69, 9.17) is 5.73 Å². The molecule has 0 bridgehead atoms. The first kappa shape index (κ1) is 15.1. The summed E-state index contributed by atoms with van der Waals surface area (Å²) in [6.45, 7) is 1.68. The number of phenolic OH excluding ortho intramolecular Hbond substituents is 1. The lowest BCUT2D eigenvalue weighted by Gasteiger charge is -2.24. The molecule has 0 spiro atoms. The highest BCUT2D eigenvalue weighted by Gasteiger charge is 2.29. The maximum Gasteiger partial charge on any atom is 0.269 e. The van der Waals surface area contributed by atoms with Gasteiger partial charge in [0.15, 0.2) is 0 Å². The molecule has 0 unspecified atom stereocenters. The van der Waals surface area contributed by atoms with Gasteiger partial charge in [0.25, 0.3) is 10.0 Å². The Balaban J connectivity index is 2.61. The molecule has 3 N–H and O–H groups in total. The van der Waals surface area contributed by atoms with Crippen molar-refractivity contribution in [3.05, 3.63) is 48.3 Å². The van der Waals surface area contributed by atoms with Gasteiger partial charge in [-0.2, -0.15) is 0 Å². The van der Waals surface area contributed by atoms with Gasteiger partial charge in [0.2, 0.25) is 0 Å². The summed E-state index contributed by atoms with van der Waals surface area (Å²) in [6.07, 6.45) is 0. The van der Waals surface area contributed by atoms with Crippen molar-refractivity contribution in [2.24, 2.45) is 0 Å². The molecule has 7 heteroatoms. The Morgan fingerprint density at radius 1 is 1.24 bits per heavy atom. The first-order valence-corrected chi connectivity index (χ1v) is 7.67. The van der Waals surface area contributed by atoms with Crippen molar-refractivity contribution < 1.29 is 17.9 Å². The van der Waals surface area contributed by atoms with Gasteiger partial charge in [-0.1, -0.05) is 12.1 Å². The molecule has 0 radical (unpaired) electrons. The summed E-state index contributed by atoms with van der Waals surface area (Å²) >= 11 is 0. The van der Waals surface area contributed by atoms with Crippen LogP contribution in [0.1, 0.15) is 6.92 Å². The third-order valence-electron chi connectivity index (χ3n) is 2.95. The van der Waals surface area contributed by atoms with Crippen LogP contribution < -0.4 is 10.0 Å². The van der Waals surface area contributed by atoms with Crippen molar-refractivity contribution >= 4 is 21.4 Å². The molecule has 0 heterocycles. The van der Waals surface area contributed by atoms with E-state index in [1.54, 1.807) is 6.92 Å². The van der Waals surface area contributed by atoms with E-state index in [-0.39, 0.29) is 23.7 Å². The van der Waals surface area contributed by atoms with Crippen LogP contribution in [0.3, 0.4) is 0 Å². The second kappa shape index (κ2) is 5.61. The van der Waals surface area contributed by atoms with Crippen LogP contribution in [0.5, 0.6) is 5.75 Å². The van der Waals surface area contributed by atoms with Crippen molar-refractivity contribution in [2.75, 3.05) is 16.6 Å². The second-order valence-corrected chi connectivity index (χ2v) is 6.15. The average molecular weight is 310 g/mol. The molecule has 0 saturated heterocycles. The van der Waals surface area contributed by atoms with Gasteiger partial charge in [-0.15, -0.1) is 0 Å². The van der Waals surface area contributed by atoms with E-state index < -0.39 is 20.7 Å². The maximum atomic E-state index is 13.9. The average Bonchev–Trinajstić information content (AvgIpc) is 2.38. The van der Waals surface area contributed by atoms with Crippen LogP contribution >= 0.6 is 0 Å². The van der Waals surface area contributed by atoms with Crippen LogP contribution in [0.4, 0.5) is 15.8 Å². The number of nitrogens with zero attached hydrogens (tertiary/aromatic N) is 1. The molecule has 0 fully saturated rings. The molecule has 0 aromatic heterocycles. The van der Waals surface area contributed by atoms with Gasteiger partial charge >= 0.3 is 0 Å². The summed E-state index contributed by atoms with van der Waals surface area (Å²) in [5.74, 6) is -0.990. The van der Waals surface area contributed by atoms with Gasteiger partial charge in [-0.05, 0) is 31.2 Å². The van der Waals surface area contributed by atoms with Crippen molar-refractivity contribution in [3.63, 3.8) is 0 Å². The van der Waals surface area contributed by atoms with Crippen molar-refractivity contribution in [3.8, 4) is 5.75 Å². The minimum atomic E-state index is -4.16. The molecule has 0 aliphatic heterocycles. The Labute approximate surface area is 122 Å². The largest absolute Gasteiger partial charge is 0.508 e. The lowest BCUT2D eigenvalue weighted by Crippen LogP contribution is -2.32. The van der Waals surface area contributed by atoms with Gasteiger partial charge < -0.3 is 10.8 Å². The van der Waals surface area contributed by atoms with Crippen molar-refractivity contribution in [2.45, 2.75) is 11.8 Å². The van der Waals surface area contributed by atoms with Crippen LogP contribution in [0, 0.1) is 5.82 Å². The number of aromatic hydroxyl groups is 1. The maximum absolute atomic E-state index is 13.9. The number of halogens is 1. The quantitative estimate of drug-likeness (QED) is 0.849. The Bertz CT molecular complexity index is 742. The van der Waals surface area contributed by atoms with Gasteiger partial charge in [0, 0.05) is 12.6 Å². The van der Waals surface area contributed by atoms with Crippen LogP contribution in [0.2, 0.25) is 0 Å². The molecule has 21 heavy (non-hydrogen) atoms. The standard InChI is InChI=1S/C14H15FN2O3S/c1-2-17(10-5-3-6-11(18)9-10)21(19,20)14-12(15)7-4-8-13(14)16/h3-9,18H,2,16H2,1H3. The van der Waals surface area contributed by atoms with E-state index in [2.05, 4.69) is 0 Å². The minimum absolute atomic E-state index is 0.0690. The molecular weight excluding hydrogens is 295 g/mol. The van der Waals surface area contributed by atoms with E-state index in [9.17, 15) is 17.9 Å². The van der Waals surface area contributed by atoms with E-state index >= 15 is 0 Å². The highest BCUT2D eigenvalue weighted by molar-refractivity contribution is 7.93. The number of nitrogen functional groups attached to an aromatic ring is 1. The summed E-state index contributed by atoms with van der Waals surface area (Å²) < 4.78 is 40.2. The summed E-state index contributed by atoms with van der Waals surface area (Å²) in [7, 11) is -4.16. The number of benzene rings is 2. The van der Waals surface area contributed by atoms with Crippen molar-refractivity contribution in [1.29, 1.82) is 0 Å². The molecule has 2 rings (SSSR count). The number of anilines is 2. The molecule has 0 atom stereocenters. The summed E-state index contributed by atoms with van der Waals surface area (Å²) in [5, 5.41) is 9.48. The fourth-order valence-electron chi connectivity index (χ4n) is 2.05. The van der Waals surface area contributed by atoms with Gasteiger partial charge in [0.1, 0.15) is 16.5 Å². The SMILES string of the molecule is CCN(c1cccc(O)c1)S(=O)(=O)c1c(N)cccc1F. The Morgan fingerprint density at radius 2 is 1.90 bits per heavy atom. The van der Waals surface area contributed by atoms with Crippen LogP contribution in [0.25, 0.3) is 0 Å². The molecule has 0 aliphatic rings. The lowest BCUT2D eigenvalue weighted by molar-refractivity contribution is 0.475. The molecule has 112 valence electrons. The molecule has 5 nitrogen and oxygen atoms in total. The first-order valence-electron chi connectivity index (χ1n) is 6.23. The zero-order valence-corrected chi connectivity index (χ0v) is 12.1. The summed E-state index contributed by atoms with van der Waals surface area (Å²) in [4.78, 5) is -0.560. The molecular formula is C14H15FN2O3S. The number of hydrogen-bond donors (Lipinski definition) is 2. The summed E-state index contributed by atoms with van der Waals surface area (Å²) in [6, 6.07) is 9.44. The molecule has 0 aliphatic carbocycles. The van der Waals surface area contributed by atoms with Crippen LogP contribution in [-0.4, -0.2) is 20.1 Å². The molecule has 2 aromatic rings.